The summed E-state index contributed by atoms with van der Waals surface area (Å²) in [5.41, 5.74) is -4.38. The van der Waals surface area contributed by atoms with E-state index < -0.39 is 39.8 Å². The second-order valence-corrected chi connectivity index (χ2v) is 2.64. The van der Waals surface area contributed by atoms with Crippen molar-refractivity contribution in [2.24, 2.45) is 0 Å². The van der Waals surface area contributed by atoms with E-state index in [-0.39, 0.29) is 6.07 Å². The van der Waals surface area contributed by atoms with Crippen LogP contribution in [0.25, 0.3) is 0 Å². The van der Waals surface area contributed by atoms with Crippen LogP contribution in [0.2, 0.25) is 0 Å². The van der Waals surface area contributed by atoms with E-state index in [1.165, 1.54) is 0 Å². The van der Waals surface area contributed by atoms with Gasteiger partial charge in [0.15, 0.2) is 11.6 Å². The lowest BCUT2D eigenvalue weighted by Crippen LogP contribution is -2.14. The molecule has 0 heterocycles. The number of nitro groups is 1. The summed E-state index contributed by atoms with van der Waals surface area (Å²) in [6, 6.07) is -0.250. The topological polar surface area (TPSA) is 43.1 Å². The molecule has 116 valence electrons. The highest BCUT2D eigenvalue weighted by molar-refractivity contribution is 5.40. The fourth-order valence-corrected chi connectivity index (χ4v) is 0.972. The number of hydrogen-bond donors (Lipinski definition) is 0. The fourth-order valence-electron chi connectivity index (χ4n) is 0.972. The Balaban J connectivity index is 0. The molecule has 0 N–H and O–H groups in total. The second kappa shape index (κ2) is 8.39. The zero-order valence-electron chi connectivity index (χ0n) is 11.1. The second-order valence-electron chi connectivity index (χ2n) is 2.64. The molecule has 1 aromatic rings. The van der Waals surface area contributed by atoms with Crippen LogP contribution in [-0.2, 0) is 6.18 Å². The molecule has 1 aromatic carbocycles. The monoisotopic (exact) mass is 305 g/mol. The lowest BCUT2D eigenvalue weighted by Gasteiger charge is -2.09. The molecule has 20 heavy (non-hydrogen) atoms. The van der Waals surface area contributed by atoms with Crippen LogP contribution in [0.1, 0.15) is 33.3 Å². The van der Waals surface area contributed by atoms with E-state index >= 15 is 0 Å². The van der Waals surface area contributed by atoms with Crippen molar-refractivity contribution in [3.63, 3.8) is 0 Å². The van der Waals surface area contributed by atoms with Gasteiger partial charge in [0.2, 0.25) is 5.82 Å². The molecular weight excluding hydrogens is 292 g/mol. The molecule has 0 aliphatic carbocycles. The van der Waals surface area contributed by atoms with Gasteiger partial charge in [-0.05, 0) is 0 Å². The van der Waals surface area contributed by atoms with Gasteiger partial charge in [0.25, 0.3) is 0 Å². The molecule has 1 rings (SSSR count). The lowest BCUT2D eigenvalue weighted by molar-refractivity contribution is -0.388. The first-order valence-electron chi connectivity index (χ1n) is 5.55. The van der Waals surface area contributed by atoms with Gasteiger partial charge in [-0.15, -0.1) is 0 Å². The van der Waals surface area contributed by atoms with Gasteiger partial charge in [0.1, 0.15) is 5.56 Å². The molecule has 9 heteroatoms. The summed E-state index contributed by atoms with van der Waals surface area (Å²) in [5.74, 6) is -7.09. The fraction of sp³-hybridized carbons (Fsp3) is 0.455. The Kier molecular flexibility index (Phi) is 8.60. The average molecular weight is 305 g/mol. The normalized spacial score (nSPS) is 9.90. The van der Waals surface area contributed by atoms with Crippen LogP contribution in [0.4, 0.5) is 32.0 Å². The summed E-state index contributed by atoms with van der Waals surface area (Å²) >= 11 is 0. The van der Waals surface area contributed by atoms with Crippen molar-refractivity contribution in [1.29, 1.82) is 0 Å². The van der Waals surface area contributed by atoms with Crippen molar-refractivity contribution < 1.29 is 31.3 Å². The van der Waals surface area contributed by atoms with Gasteiger partial charge in [0.05, 0.1) is 11.0 Å². The number of nitro benzene ring substituents is 1. The highest BCUT2D eigenvalue weighted by atomic mass is 19.4. The van der Waals surface area contributed by atoms with Gasteiger partial charge in [-0.1, -0.05) is 27.7 Å². The van der Waals surface area contributed by atoms with E-state index in [2.05, 4.69) is 0 Å². The van der Waals surface area contributed by atoms with E-state index in [0.717, 1.165) is 0 Å². The Labute approximate surface area is 111 Å². The molecule has 0 atom stereocenters. The molecule has 0 saturated heterocycles. The molecule has 0 bridgehead atoms. The molecule has 0 fully saturated rings. The van der Waals surface area contributed by atoms with Crippen molar-refractivity contribution in [2.45, 2.75) is 33.9 Å². The van der Waals surface area contributed by atoms with Gasteiger partial charge in [-0.2, -0.15) is 17.6 Å². The first kappa shape index (κ1) is 20.5. The van der Waals surface area contributed by atoms with E-state index in [1.54, 1.807) is 0 Å². The number of hydrogen-bond acceptors (Lipinski definition) is 2. The van der Waals surface area contributed by atoms with Crippen molar-refractivity contribution in [3.8, 4) is 0 Å². The molecule has 0 aliphatic heterocycles. The van der Waals surface area contributed by atoms with Crippen LogP contribution >= 0.6 is 0 Å². The molecular formula is C11H13F6NO2. The summed E-state index contributed by atoms with van der Waals surface area (Å²) in [5, 5.41) is 10.1. The molecule has 3 nitrogen and oxygen atoms in total. The van der Waals surface area contributed by atoms with E-state index in [9.17, 15) is 36.5 Å². The van der Waals surface area contributed by atoms with Crippen molar-refractivity contribution in [1.82, 2.24) is 0 Å². The SMILES string of the molecule is CC.CC.O=[N+]([O-])c1cc(F)c(F)c(C(F)(F)F)c1F. The van der Waals surface area contributed by atoms with E-state index in [4.69, 9.17) is 0 Å². The first-order chi connectivity index (χ1) is 9.16. The minimum atomic E-state index is -5.55. The predicted octanol–water partition coefficient (Wildman–Crippen LogP) is 5.08. The van der Waals surface area contributed by atoms with Gasteiger partial charge >= 0.3 is 11.9 Å². The van der Waals surface area contributed by atoms with Gasteiger partial charge in [0, 0.05) is 0 Å². The zero-order chi connectivity index (χ0) is 16.7. The largest absolute Gasteiger partial charge is 0.422 e. The summed E-state index contributed by atoms with van der Waals surface area (Å²) < 4.78 is 74.3. The molecule has 0 saturated carbocycles. The molecule has 0 unspecified atom stereocenters. The summed E-state index contributed by atoms with van der Waals surface area (Å²) in [7, 11) is 0. The highest BCUT2D eigenvalue weighted by Gasteiger charge is 2.42. The van der Waals surface area contributed by atoms with Crippen LogP contribution < -0.4 is 0 Å². The molecule has 0 radical (unpaired) electrons. The third kappa shape index (κ3) is 4.71. The van der Waals surface area contributed by atoms with Gasteiger partial charge in [-0.25, -0.2) is 8.78 Å². The predicted molar refractivity (Wildman–Crippen MR) is 60.7 cm³/mol. The first-order valence-corrected chi connectivity index (χ1v) is 5.55. The number of alkyl halides is 3. The van der Waals surface area contributed by atoms with Crippen LogP contribution in [-0.4, -0.2) is 4.92 Å². The maximum atomic E-state index is 12.9. The number of benzene rings is 1. The van der Waals surface area contributed by atoms with Crippen molar-refractivity contribution in [2.75, 3.05) is 0 Å². The van der Waals surface area contributed by atoms with Gasteiger partial charge in [-0.3, -0.25) is 10.1 Å². The summed E-state index contributed by atoms with van der Waals surface area (Å²) in [6.45, 7) is 8.00. The zero-order valence-corrected chi connectivity index (χ0v) is 11.1. The highest BCUT2D eigenvalue weighted by Crippen LogP contribution is 2.37. The van der Waals surface area contributed by atoms with Crippen LogP contribution in [0.15, 0.2) is 6.07 Å². The Morgan fingerprint density at radius 2 is 1.40 bits per heavy atom. The van der Waals surface area contributed by atoms with Crippen LogP contribution in [0, 0.1) is 27.6 Å². The summed E-state index contributed by atoms with van der Waals surface area (Å²) in [6.07, 6.45) is -5.55. The number of rotatable bonds is 1. The Hall–Kier alpha value is -1.80. The van der Waals surface area contributed by atoms with Crippen molar-refractivity contribution in [3.05, 3.63) is 39.2 Å². The Bertz CT molecular complexity index is 459. The minimum absolute atomic E-state index is 0.250. The third-order valence-electron chi connectivity index (χ3n) is 1.62. The lowest BCUT2D eigenvalue weighted by atomic mass is 10.1. The van der Waals surface area contributed by atoms with Crippen LogP contribution in [0.5, 0.6) is 0 Å². The molecule has 0 aliphatic rings. The van der Waals surface area contributed by atoms with E-state index in [1.807, 2.05) is 27.7 Å². The number of halogens is 6. The molecule has 0 spiro atoms. The Morgan fingerprint density at radius 1 is 1.00 bits per heavy atom. The van der Waals surface area contributed by atoms with Gasteiger partial charge < -0.3 is 0 Å². The summed E-state index contributed by atoms with van der Waals surface area (Å²) in [4.78, 5) is 8.50. The molecule has 0 aromatic heterocycles. The van der Waals surface area contributed by atoms with Crippen molar-refractivity contribution >= 4 is 5.69 Å². The molecule has 0 amide bonds. The van der Waals surface area contributed by atoms with Crippen LogP contribution in [0.3, 0.4) is 0 Å². The standard InChI is InChI=1S/C7HF6NO2.2C2H6/c8-2-1-3(14(15)16)6(10)4(5(2)9)7(11,12)13;2*1-2/h1H;2*1-2H3. The average Bonchev–Trinajstić information content (AvgIpc) is 2.37. The number of nitrogens with zero attached hydrogens (tertiary/aromatic N) is 1. The quantitative estimate of drug-likeness (QED) is 0.314. The maximum absolute atomic E-state index is 12.9. The third-order valence-corrected chi connectivity index (χ3v) is 1.62. The minimum Gasteiger partial charge on any atom is -0.258 e. The Morgan fingerprint density at radius 3 is 1.70 bits per heavy atom. The van der Waals surface area contributed by atoms with E-state index in [0.29, 0.717) is 0 Å². The maximum Gasteiger partial charge on any atom is 0.422 e. The smallest absolute Gasteiger partial charge is 0.258 e.